The first-order valence-corrected chi connectivity index (χ1v) is 8.24. The van der Waals surface area contributed by atoms with Gasteiger partial charge in [-0.05, 0) is 36.6 Å². The molecular weight excluding hydrogens is 318 g/mol. The number of hydrogen-bond acceptors (Lipinski definition) is 8. The van der Waals surface area contributed by atoms with Crippen molar-refractivity contribution in [3.05, 3.63) is 41.7 Å². The van der Waals surface area contributed by atoms with Crippen molar-refractivity contribution in [1.29, 1.82) is 0 Å². The molecule has 0 aromatic carbocycles. The van der Waals surface area contributed by atoms with Crippen LogP contribution in [0.4, 0.5) is 11.8 Å². The third-order valence-corrected chi connectivity index (χ3v) is 4.14. The Morgan fingerprint density at radius 3 is 2.72 bits per heavy atom. The predicted octanol–water partition coefficient (Wildman–Crippen LogP) is 2.09. The lowest BCUT2D eigenvalue weighted by atomic mass is 10.2. The summed E-state index contributed by atoms with van der Waals surface area (Å²) in [5, 5.41) is 7.27. The standard InChI is InChI=1S/C17H19N7O/c1-24(2)17-21-14(25-23-17)10-19-16-12-4-3-5-13(12)20-15(22-16)11-6-8-18-9-7-11/h6-9H,3-5,10H2,1-2H3,(H,19,20,22). The summed E-state index contributed by atoms with van der Waals surface area (Å²) in [6.07, 6.45) is 6.57. The van der Waals surface area contributed by atoms with E-state index < -0.39 is 0 Å². The Labute approximate surface area is 145 Å². The van der Waals surface area contributed by atoms with Crippen molar-refractivity contribution < 1.29 is 4.52 Å². The molecule has 0 amide bonds. The highest BCUT2D eigenvalue weighted by atomic mass is 16.5. The summed E-state index contributed by atoms with van der Waals surface area (Å²) in [4.78, 5) is 19.6. The molecule has 0 atom stereocenters. The monoisotopic (exact) mass is 337 g/mol. The number of hydrogen-bond donors (Lipinski definition) is 1. The largest absolute Gasteiger partial charge is 0.361 e. The van der Waals surface area contributed by atoms with Gasteiger partial charge in [0.25, 0.3) is 5.95 Å². The lowest BCUT2D eigenvalue weighted by Gasteiger charge is -2.11. The van der Waals surface area contributed by atoms with Crippen LogP contribution in [0.2, 0.25) is 0 Å². The van der Waals surface area contributed by atoms with Gasteiger partial charge in [0.1, 0.15) is 5.82 Å². The summed E-state index contributed by atoms with van der Waals surface area (Å²) in [6, 6.07) is 3.84. The van der Waals surface area contributed by atoms with E-state index in [1.807, 2.05) is 26.2 Å². The molecule has 0 bridgehead atoms. The summed E-state index contributed by atoms with van der Waals surface area (Å²) in [5.74, 6) is 2.64. The highest BCUT2D eigenvalue weighted by Crippen LogP contribution is 2.29. The van der Waals surface area contributed by atoms with Crippen LogP contribution in [0.1, 0.15) is 23.6 Å². The molecule has 1 N–H and O–H groups in total. The highest BCUT2D eigenvalue weighted by molar-refractivity contribution is 5.60. The topological polar surface area (TPSA) is 92.9 Å². The second-order valence-electron chi connectivity index (χ2n) is 6.15. The summed E-state index contributed by atoms with van der Waals surface area (Å²) in [5.41, 5.74) is 3.26. The number of nitrogens with zero attached hydrogens (tertiary/aromatic N) is 6. The molecule has 3 heterocycles. The van der Waals surface area contributed by atoms with Gasteiger partial charge in [0.05, 0.1) is 6.54 Å². The normalized spacial score (nSPS) is 12.9. The number of aryl methyl sites for hydroxylation is 1. The molecule has 0 spiro atoms. The second kappa shape index (κ2) is 6.46. The van der Waals surface area contributed by atoms with Crippen LogP contribution in [0, 0.1) is 0 Å². The molecule has 0 unspecified atom stereocenters. The zero-order valence-corrected chi connectivity index (χ0v) is 14.2. The van der Waals surface area contributed by atoms with Gasteiger partial charge in [-0.1, -0.05) is 0 Å². The molecule has 1 aliphatic rings. The molecule has 0 fully saturated rings. The Morgan fingerprint density at radius 2 is 1.96 bits per heavy atom. The Morgan fingerprint density at radius 1 is 1.12 bits per heavy atom. The van der Waals surface area contributed by atoms with Crippen LogP contribution in [0.25, 0.3) is 11.4 Å². The van der Waals surface area contributed by atoms with E-state index in [1.54, 1.807) is 17.3 Å². The third kappa shape index (κ3) is 3.15. The molecule has 8 heteroatoms. The smallest absolute Gasteiger partial charge is 0.265 e. The fourth-order valence-electron chi connectivity index (χ4n) is 2.87. The van der Waals surface area contributed by atoms with Gasteiger partial charge in [-0.15, -0.1) is 0 Å². The average molecular weight is 337 g/mol. The van der Waals surface area contributed by atoms with Crippen molar-refractivity contribution >= 4 is 11.8 Å². The molecule has 0 aliphatic heterocycles. The Balaban J connectivity index is 1.61. The molecular formula is C17H19N7O. The van der Waals surface area contributed by atoms with Crippen molar-refractivity contribution in [3.63, 3.8) is 0 Å². The minimum atomic E-state index is 0.431. The SMILES string of the molecule is CN(C)c1noc(CNc2nc(-c3ccncc3)nc3c2CCC3)n1. The van der Waals surface area contributed by atoms with Crippen molar-refractivity contribution in [2.75, 3.05) is 24.3 Å². The molecule has 0 saturated heterocycles. The number of aromatic nitrogens is 5. The molecule has 0 radical (unpaired) electrons. The highest BCUT2D eigenvalue weighted by Gasteiger charge is 2.20. The first-order chi connectivity index (χ1) is 12.2. The van der Waals surface area contributed by atoms with Crippen molar-refractivity contribution in [3.8, 4) is 11.4 Å². The number of anilines is 2. The van der Waals surface area contributed by atoms with E-state index in [2.05, 4.69) is 20.4 Å². The van der Waals surface area contributed by atoms with Crippen molar-refractivity contribution in [1.82, 2.24) is 25.1 Å². The average Bonchev–Trinajstić information content (AvgIpc) is 3.29. The van der Waals surface area contributed by atoms with E-state index in [-0.39, 0.29) is 0 Å². The summed E-state index contributed by atoms with van der Waals surface area (Å²) < 4.78 is 5.26. The van der Waals surface area contributed by atoms with Crippen LogP contribution in [0.3, 0.4) is 0 Å². The van der Waals surface area contributed by atoms with E-state index in [4.69, 9.17) is 14.5 Å². The molecule has 3 aromatic heterocycles. The van der Waals surface area contributed by atoms with Gasteiger partial charge in [-0.3, -0.25) is 4.98 Å². The van der Waals surface area contributed by atoms with Gasteiger partial charge in [0.15, 0.2) is 5.82 Å². The van der Waals surface area contributed by atoms with E-state index in [1.165, 1.54) is 5.56 Å². The van der Waals surface area contributed by atoms with Gasteiger partial charge in [-0.25, -0.2) is 9.97 Å². The summed E-state index contributed by atoms with van der Waals surface area (Å²) >= 11 is 0. The summed E-state index contributed by atoms with van der Waals surface area (Å²) in [6.45, 7) is 0.431. The second-order valence-corrected chi connectivity index (χ2v) is 6.15. The Hall–Kier alpha value is -3.03. The van der Waals surface area contributed by atoms with Crippen LogP contribution in [0.15, 0.2) is 29.0 Å². The lowest BCUT2D eigenvalue weighted by Crippen LogP contribution is -2.11. The lowest BCUT2D eigenvalue weighted by molar-refractivity contribution is 0.383. The first kappa shape index (κ1) is 15.5. The van der Waals surface area contributed by atoms with Gasteiger partial charge in [0.2, 0.25) is 5.89 Å². The maximum Gasteiger partial charge on any atom is 0.265 e. The van der Waals surface area contributed by atoms with Crippen molar-refractivity contribution in [2.24, 2.45) is 0 Å². The zero-order valence-electron chi connectivity index (χ0n) is 14.2. The predicted molar refractivity (Wildman–Crippen MR) is 93.2 cm³/mol. The van der Waals surface area contributed by atoms with Crippen molar-refractivity contribution in [2.45, 2.75) is 25.8 Å². The maximum atomic E-state index is 5.26. The molecule has 25 heavy (non-hydrogen) atoms. The first-order valence-electron chi connectivity index (χ1n) is 8.24. The molecule has 0 saturated carbocycles. The van der Waals surface area contributed by atoms with E-state index >= 15 is 0 Å². The number of rotatable bonds is 5. The molecule has 3 aromatic rings. The van der Waals surface area contributed by atoms with E-state index in [0.717, 1.165) is 36.3 Å². The quantitative estimate of drug-likeness (QED) is 0.756. The van der Waals surface area contributed by atoms with Crippen LogP contribution < -0.4 is 10.2 Å². The van der Waals surface area contributed by atoms with E-state index in [9.17, 15) is 0 Å². The number of nitrogens with one attached hydrogen (secondary N) is 1. The van der Waals surface area contributed by atoms with Gasteiger partial charge in [-0.2, -0.15) is 4.98 Å². The molecule has 1 aliphatic carbocycles. The van der Waals surface area contributed by atoms with Crippen LogP contribution in [-0.2, 0) is 19.4 Å². The van der Waals surface area contributed by atoms with Crippen LogP contribution in [-0.4, -0.2) is 39.2 Å². The Kier molecular flexibility index (Phi) is 4.01. The Bertz CT molecular complexity index is 876. The third-order valence-electron chi connectivity index (χ3n) is 4.14. The molecule has 8 nitrogen and oxygen atoms in total. The van der Waals surface area contributed by atoms with Gasteiger partial charge < -0.3 is 14.7 Å². The minimum Gasteiger partial charge on any atom is -0.361 e. The van der Waals surface area contributed by atoms with E-state index in [0.29, 0.717) is 24.2 Å². The summed E-state index contributed by atoms with van der Waals surface area (Å²) in [7, 11) is 3.75. The molecule has 128 valence electrons. The van der Waals surface area contributed by atoms with Gasteiger partial charge >= 0.3 is 0 Å². The number of fused-ring (bicyclic) bond motifs is 1. The zero-order chi connectivity index (χ0) is 17.2. The van der Waals surface area contributed by atoms with Crippen LogP contribution in [0.5, 0.6) is 0 Å². The fraction of sp³-hybridized carbons (Fsp3) is 0.353. The maximum absolute atomic E-state index is 5.26. The van der Waals surface area contributed by atoms with Crippen LogP contribution >= 0.6 is 0 Å². The number of pyridine rings is 1. The van der Waals surface area contributed by atoms with Gasteiger partial charge in [0, 0.05) is 43.3 Å². The fourth-order valence-corrected chi connectivity index (χ4v) is 2.87. The minimum absolute atomic E-state index is 0.431. The molecule has 4 rings (SSSR count).